The minimum Gasteiger partial charge on any atom is -0.311 e. The van der Waals surface area contributed by atoms with E-state index in [9.17, 15) is 13.2 Å². The van der Waals surface area contributed by atoms with Crippen LogP contribution in [0.4, 0.5) is 13.2 Å². The summed E-state index contributed by atoms with van der Waals surface area (Å²) in [6, 6.07) is 7.65. The molecule has 2 rings (SSSR count). The Morgan fingerprint density at radius 2 is 2.00 bits per heavy atom. The maximum atomic E-state index is 12.8. The Balaban J connectivity index is 1.88. The maximum absolute atomic E-state index is 12.8. The van der Waals surface area contributed by atoms with Gasteiger partial charge in [-0.3, -0.25) is 0 Å². The molecule has 21 heavy (non-hydrogen) atoms. The van der Waals surface area contributed by atoms with Crippen molar-refractivity contribution < 1.29 is 13.2 Å². The molecular weight excluding hydrogens is 299 g/mol. The normalized spacial score (nSPS) is 24.8. The molecule has 1 aromatic carbocycles. The van der Waals surface area contributed by atoms with Crippen molar-refractivity contribution in [3.63, 3.8) is 0 Å². The van der Waals surface area contributed by atoms with Crippen molar-refractivity contribution in [2.24, 2.45) is 5.92 Å². The van der Waals surface area contributed by atoms with Crippen LogP contribution in [-0.4, -0.2) is 18.3 Å². The van der Waals surface area contributed by atoms with Gasteiger partial charge in [-0.2, -0.15) is 13.2 Å². The first kappa shape index (κ1) is 16.6. The lowest BCUT2D eigenvalue weighted by Gasteiger charge is -2.33. The lowest BCUT2D eigenvalue weighted by Crippen LogP contribution is -2.43. The van der Waals surface area contributed by atoms with E-state index in [0.29, 0.717) is 11.4 Å². The second kappa shape index (κ2) is 7.01. The molecule has 3 unspecified atom stereocenters. The van der Waals surface area contributed by atoms with E-state index in [1.54, 1.807) is 0 Å². The van der Waals surface area contributed by atoms with Gasteiger partial charge in [0.1, 0.15) is 0 Å². The fraction of sp³-hybridized carbons (Fsp3) is 0.625. The van der Waals surface area contributed by atoms with Gasteiger partial charge in [0.05, 0.1) is 5.92 Å². The zero-order valence-electron chi connectivity index (χ0n) is 12.1. The topological polar surface area (TPSA) is 12.0 Å². The molecule has 1 nitrogen and oxygen atoms in total. The highest BCUT2D eigenvalue weighted by atomic mass is 35.5. The van der Waals surface area contributed by atoms with Gasteiger partial charge in [0.2, 0.25) is 0 Å². The average Bonchev–Trinajstić information content (AvgIpc) is 2.41. The molecule has 0 radical (unpaired) electrons. The Bertz CT molecular complexity index is 461. The van der Waals surface area contributed by atoms with Crippen LogP contribution in [0.2, 0.25) is 5.02 Å². The van der Waals surface area contributed by atoms with Crippen LogP contribution in [0.1, 0.15) is 38.2 Å². The van der Waals surface area contributed by atoms with Crippen LogP contribution in [0, 0.1) is 5.92 Å². The van der Waals surface area contributed by atoms with Crippen molar-refractivity contribution in [2.75, 3.05) is 0 Å². The number of rotatable bonds is 4. The molecule has 5 heteroatoms. The third-order valence-electron chi connectivity index (χ3n) is 4.14. The van der Waals surface area contributed by atoms with Gasteiger partial charge in [-0.05, 0) is 44.2 Å². The largest absolute Gasteiger partial charge is 0.391 e. The van der Waals surface area contributed by atoms with E-state index in [4.69, 9.17) is 11.6 Å². The number of hydrogen-bond acceptors (Lipinski definition) is 1. The van der Waals surface area contributed by atoms with E-state index >= 15 is 0 Å². The number of nitrogens with one attached hydrogen (secondary N) is 1. The second-order valence-corrected chi connectivity index (χ2v) is 6.37. The molecule has 0 heterocycles. The Morgan fingerprint density at radius 1 is 1.29 bits per heavy atom. The van der Waals surface area contributed by atoms with E-state index in [1.807, 2.05) is 31.2 Å². The number of benzene rings is 1. The Kier molecular flexibility index (Phi) is 5.55. The van der Waals surface area contributed by atoms with Crippen molar-refractivity contribution in [3.8, 4) is 0 Å². The highest BCUT2D eigenvalue weighted by molar-refractivity contribution is 6.31. The van der Waals surface area contributed by atoms with Gasteiger partial charge in [0, 0.05) is 17.1 Å². The van der Waals surface area contributed by atoms with Gasteiger partial charge >= 0.3 is 6.18 Å². The number of alkyl halides is 3. The molecule has 0 saturated heterocycles. The van der Waals surface area contributed by atoms with Crippen LogP contribution in [0.15, 0.2) is 24.3 Å². The lowest BCUT2D eigenvalue weighted by atomic mass is 9.85. The van der Waals surface area contributed by atoms with Gasteiger partial charge < -0.3 is 5.32 Å². The summed E-state index contributed by atoms with van der Waals surface area (Å²) in [5, 5.41) is 4.05. The molecule has 0 aromatic heterocycles. The molecule has 0 spiro atoms. The van der Waals surface area contributed by atoms with Crippen LogP contribution >= 0.6 is 11.6 Å². The molecule has 1 saturated carbocycles. The molecule has 118 valence electrons. The summed E-state index contributed by atoms with van der Waals surface area (Å²) < 4.78 is 38.4. The molecule has 1 aliphatic carbocycles. The first-order chi connectivity index (χ1) is 9.86. The molecule has 1 aliphatic rings. The molecule has 3 atom stereocenters. The fourth-order valence-electron chi connectivity index (χ4n) is 3.09. The Morgan fingerprint density at radius 3 is 2.67 bits per heavy atom. The third kappa shape index (κ3) is 4.89. The predicted octanol–water partition coefficient (Wildman–Crippen LogP) is 4.98. The first-order valence-electron chi connectivity index (χ1n) is 7.42. The third-order valence-corrected chi connectivity index (χ3v) is 4.51. The van der Waals surface area contributed by atoms with Crippen molar-refractivity contribution in [3.05, 3.63) is 34.9 Å². The maximum Gasteiger partial charge on any atom is 0.391 e. The van der Waals surface area contributed by atoms with Gasteiger partial charge in [0.25, 0.3) is 0 Å². The lowest BCUT2D eigenvalue weighted by molar-refractivity contribution is -0.183. The Labute approximate surface area is 128 Å². The zero-order valence-corrected chi connectivity index (χ0v) is 12.8. The van der Waals surface area contributed by atoms with Crippen LogP contribution in [0.5, 0.6) is 0 Å². The molecule has 0 bridgehead atoms. The zero-order chi connectivity index (χ0) is 15.5. The van der Waals surface area contributed by atoms with Crippen LogP contribution in [0.25, 0.3) is 0 Å². The van der Waals surface area contributed by atoms with E-state index in [-0.39, 0.29) is 24.9 Å². The summed E-state index contributed by atoms with van der Waals surface area (Å²) in [6.07, 6.45) is -1.42. The van der Waals surface area contributed by atoms with Crippen LogP contribution < -0.4 is 5.32 Å². The van der Waals surface area contributed by atoms with E-state index in [2.05, 4.69) is 5.32 Å². The van der Waals surface area contributed by atoms with Gasteiger partial charge in [0.15, 0.2) is 0 Å². The smallest absolute Gasteiger partial charge is 0.311 e. The number of halogens is 4. The Hall–Kier alpha value is -0.740. The minimum atomic E-state index is -4.06. The molecule has 1 aromatic rings. The average molecular weight is 320 g/mol. The summed E-state index contributed by atoms with van der Waals surface area (Å²) in [7, 11) is 0. The standard InChI is InChI=1S/C16H21ClF3N/c1-11(9-12-5-2-3-8-15(12)17)21-14-7-4-6-13(10-14)16(18,19)20/h2-3,5,8,11,13-14,21H,4,6-7,9-10H2,1H3. The van der Waals surface area contributed by atoms with Gasteiger partial charge in [-0.25, -0.2) is 0 Å². The predicted molar refractivity (Wildman–Crippen MR) is 79.6 cm³/mol. The summed E-state index contributed by atoms with van der Waals surface area (Å²) in [5.41, 5.74) is 1.03. The summed E-state index contributed by atoms with van der Waals surface area (Å²) in [5.74, 6) is -1.16. The van der Waals surface area contributed by atoms with Crippen molar-refractivity contribution in [1.29, 1.82) is 0 Å². The van der Waals surface area contributed by atoms with Crippen molar-refractivity contribution >= 4 is 11.6 Å². The second-order valence-electron chi connectivity index (χ2n) is 5.97. The van der Waals surface area contributed by atoms with Crippen LogP contribution in [0.3, 0.4) is 0 Å². The number of hydrogen-bond donors (Lipinski definition) is 1. The quantitative estimate of drug-likeness (QED) is 0.825. The molecule has 0 amide bonds. The summed E-state index contributed by atoms with van der Waals surface area (Å²) in [6.45, 7) is 2.00. The molecule has 0 aliphatic heterocycles. The summed E-state index contributed by atoms with van der Waals surface area (Å²) in [4.78, 5) is 0. The molecule has 1 N–H and O–H groups in total. The van der Waals surface area contributed by atoms with Gasteiger partial charge in [-0.15, -0.1) is 0 Å². The first-order valence-corrected chi connectivity index (χ1v) is 7.80. The fourth-order valence-corrected chi connectivity index (χ4v) is 3.31. The summed E-state index contributed by atoms with van der Waals surface area (Å²) >= 11 is 6.12. The van der Waals surface area contributed by atoms with Crippen molar-refractivity contribution in [2.45, 2.75) is 57.3 Å². The van der Waals surface area contributed by atoms with E-state index in [0.717, 1.165) is 18.4 Å². The van der Waals surface area contributed by atoms with E-state index in [1.165, 1.54) is 0 Å². The van der Waals surface area contributed by atoms with Crippen LogP contribution in [-0.2, 0) is 6.42 Å². The highest BCUT2D eigenvalue weighted by Gasteiger charge is 2.42. The molecular formula is C16H21ClF3N. The molecule has 1 fully saturated rings. The van der Waals surface area contributed by atoms with Crippen molar-refractivity contribution in [1.82, 2.24) is 5.32 Å². The van der Waals surface area contributed by atoms with Gasteiger partial charge in [-0.1, -0.05) is 36.2 Å². The highest BCUT2D eigenvalue weighted by Crippen LogP contribution is 2.37. The monoisotopic (exact) mass is 319 g/mol. The minimum absolute atomic E-state index is 0.0529. The van der Waals surface area contributed by atoms with E-state index < -0.39 is 12.1 Å². The SMILES string of the molecule is CC(Cc1ccccc1Cl)NC1CCCC(C(F)(F)F)C1.